The minimum atomic E-state index is -0.125. The highest BCUT2D eigenvalue weighted by Crippen LogP contribution is 2.61. The van der Waals surface area contributed by atoms with Crippen LogP contribution >= 0.6 is 0 Å². The van der Waals surface area contributed by atoms with E-state index in [0.29, 0.717) is 29.9 Å². The van der Waals surface area contributed by atoms with Gasteiger partial charge in [0.15, 0.2) is 0 Å². The van der Waals surface area contributed by atoms with E-state index in [1.165, 1.54) is 17.5 Å². The number of benzene rings is 1. The lowest BCUT2D eigenvalue weighted by Gasteiger charge is -2.50. The lowest BCUT2D eigenvalue weighted by atomic mass is 9.55. The molecule has 0 aliphatic heterocycles. The van der Waals surface area contributed by atoms with E-state index in [1.807, 2.05) is 6.07 Å². The van der Waals surface area contributed by atoms with Crippen molar-refractivity contribution in [3.05, 3.63) is 28.8 Å². The Kier molecular flexibility index (Phi) is 3.69. The van der Waals surface area contributed by atoms with Crippen molar-refractivity contribution in [3.8, 4) is 5.75 Å². The van der Waals surface area contributed by atoms with Crippen LogP contribution in [0, 0.1) is 17.3 Å². The van der Waals surface area contributed by atoms with Crippen molar-refractivity contribution in [2.24, 2.45) is 17.3 Å². The van der Waals surface area contributed by atoms with Gasteiger partial charge in [0.25, 0.3) is 0 Å². The van der Waals surface area contributed by atoms with Crippen molar-refractivity contribution < 1.29 is 15.3 Å². The summed E-state index contributed by atoms with van der Waals surface area (Å²) in [6.07, 6.45) is 6.99. The molecule has 4 rings (SSSR count). The Hall–Kier alpha value is -1.06. The first-order chi connectivity index (χ1) is 11.0. The van der Waals surface area contributed by atoms with Gasteiger partial charge in [-0.25, -0.2) is 0 Å². The first kappa shape index (κ1) is 15.5. The molecule has 0 aromatic heterocycles. The predicted molar refractivity (Wildman–Crippen MR) is 89.5 cm³/mol. The van der Waals surface area contributed by atoms with Crippen LogP contribution in [0.1, 0.15) is 61.6 Å². The van der Waals surface area contributed by atoms with E-state index in [-0.39, 0.29) is 18.1 Å². The van der Waals surface area contributed by atoms with Crippen LogP contribution in [-0.4, -0.2) is 28.0 Å². The molecule has 0 amide bonds. The molecule has 3 nitrogen and oxygen atoms in total. The average Bonchev–Trinajstić information content (AvgIpc) is 2.84. The fourth-order valence-electron chi connectivity index (χ4n) is 5.95. The van der Waals surface area contributed by atoms with Gasteiger partial charge in [0.05, 0.1) is 6.10 Å². The fraction of sp³-hybridized carbons (Fsp3) is 0.700. The van der Waals surface area contributed by atoms with Gasteiger partial charge in [-0.1, -0.05) is 13.0 Å². The molecule has 1 aromatic carbocycles. The predicted octanol–water partition coefficient (Wildman–Crippen LogP) is 3.14. The standard InChI is InChI=1S/C20H28O3/c1-20-8-6-14-15(17(20)4-5-19(20)23)3-2-12-11-18(22)13(7-9-21)10-16(12)14/h10-11,14-15,17,19,21-23H,2-9H2,1H3/t14?,15?,17?,19-,20-/m0/s1. The third-order valence-electron chi connectivity index (χ3n) is 7.26. The molecule has 0 heterocycles. The van der Waals surface area contributed by atoms with Crippen molar-refractivity contribution >= 4 is 0 Å². The van der Waals surface area contributed by atoms with Crippen LogP contribution in [0.25, 0.3) is 0 Å². The Bertz CT molecular complexity index is 611. The Morgan fingerprint density at radius 1 is 1.17 bits per heavy atom. The third-order valence-corrected chi connectivity index (χ3v) is 7.26. The molecule has 3 aliphatic carbocycles. The van der Waals surface area contributed by atoms with E-state index in [9.17, 15) is 15.3 Å². The highest BCUT2D eigenvalue weighted by Gasteiger charge is 2.54. The van der Waals surface area contributed by atoms with Crippen LogP contribution in [0.2, 0.25) is 0 Å². The minimum absolute atomic E-state index is 0.0767. The summed E-state index contributed by atoms with van der Waals surface area (Å²) in [4.78, 5) is 0. The maximum Gasteiger partial charge on any atom is 0.119 e. The zero-order valence-corrected chi connectivity index (χ0v) is 14.0. The second kappa shape index (κ2) is 5.49. The minimum Gasteiger partial charge on any atom is -0.508 e. The second-order valence-electron chi connectivity index (χ2n) is 8.21. The molecule has 3 aliphatic rings. The lowest BCUT2D eigenvalue weighted by Crippen LogP contribution is -2.43. The van der Waals surface area contributed by atoms with Crippen molar-refractivity contribution in [3.63, 3.8) is 0 Å². The lowest BCUT2D eigenvalue weighted by molar-refractivity contribution is -0.0226. The first-order valence-electron chi connectivity index (χ1n) is 9.18. The van der Waals surface area contributed by atoms with Gasteiger partial charge in [-0.05, 0) is 90.9 Å². The molecule has 3 N–H and O–H groups in total. The molecule has 1 aromatic rings. The van der Waals surface area contributed by atoms with Gasteiger partial charge in [-0.3, -0.25) is 0 Å². The molecule has 0 spiro atoms. The van der Waals surface area contributed by atoms with Crippen molar-refractivity contribution in [1.82, 2.24) is 0 Å². The monoisotopic (exact) mass is 316 g/mol. The largest absolute Gasteiger partial charge is 0.508 e. The third kappa shape index (κ3) is 2.24. The summed E-state index contributed by atoms with van der Waals surface area (Å²) in [5, 5.41) is 29.9. The molecule has 5 atom stereocenters. The second-order valence-corrected chi connectivity index (χ2v) is 8.21. The number of hydrogen-bond donors (Lipinski definition) is 3. The maximum atomic E-state index is 10.5. The normalized spacial score (nSPS) is 38.7. The zero-order valence-electron chi connectivity index (χ0n) is 14.0. The van der Waals surface area contributed by atoms with E-state index in [1.54, 1.807) is 0 Å². The Morgan fingerprint density at radius 3 is 2.78 bits per heavy atom. The number of aliphatic hydroxyl groups is 2. The number of aromatic hydroxyl groups is 1. The van der Waals surface area contributed by atoms with Gasteiger partial charge >= 0.3 is 0 Å². The van der Waals surface area contributed by atoms with Gasteiger partial charge in [-0.2, -0.15) is 0 Å². The summed E-state index contributed by atoms with van der Waals surface area (Å²) in [6, 6.07) is 4.10. The number of phenols is 1. The summed E-state index contributed by atoms with van der Waals surface area (Å²) in [5.41, 5.74) is 3.70. The molecule has 2 saturated carbocycles. The van der Waals surface area contributed by atoms with E-state index < -0.39 is 0 Å². The highest BCUT2D eigenvalue weighted by atomic mass is 16.3. The smallest absolute Gasteiger partial charge is 0.119 e. The number of fused-ring (bicyclic) bond motifs is 5. The van der Waals surface area contributed by atoms with Crippen LogP contribution in [0.15, 0.2) is 12.1 Å². The average molecular weight is 316 g/mol. The summed E-state index contributed by atoms with van der Waals surface area (Å²) in [7, 11) is 0. The molecule has 0 saturated heterocycles. The Morgan fingerprint density at radius 2 is 2.00 bits per heavy atom. The zero-order chi connectivity index (χ0) is 16.2. The number of rotatable bonds is 2. The Balaban J connectivity index is 1.70. The number of aryl methyl sites for hydroxylation is 1. The summed E-state index contributed by atoms with van der Waals surface area (Å²) >= 11 is 0. The first-order valence-corrected chi connectivity index (χ1v) is 9.18. The highest BCUT2D eigenvalue weighted by molar-refractivity contribution is 5.45. The van der Waals surface area contributed by atoms with Crippen LogP contribution in [-0.2, 0) is 12.8 Å². The molecular weight excluding hydrogens is 288 g/mol. The number of aliphatic hydroxyl groups excluding tert-OH is 2. The molecule has 2 fully saturated rings. The van der Waals surface area contributed by atoms with Crippen LogP contribution < -0.4 is 0 Å². The van der Waals surface area contributed by atoms with Gasteiger partial charge in [0.2, 0.25) is 0 Å². The summed E-state index contributed by atoms with van der Waals surface area (Å²) < 4.78 is 0. The Labute approximate surface area is 138 Å². The summed E-state index contributed by atoms with van der Waals surface area (Å²) in [5.74, 6) is 2.22. The van der Waals surface area contributed by atoms with E-state index in [2.05, 4.69) is 13.0 Å². The van der Waals surface area contributed by atoms with Crippen LogP contribution in [0.3, 0.4) is 0 Å². The number of phenolic OH excluding ortho intramolecular Hbond substituents is 1. The SMILES string of the molecule is C[C@]12CCC3c4cc(CCO)c(O)cc4CCC3C1CC[C@@H]2O. The van der Waals surface area contributed by atoms with Crippen LogP contribution in [0.4, 0.5) is 0 Å². The van der Waals surface area contributed by atoms with Gasteiger partial charge in [0, 0.05) is 6.61 Å². The molecule has 23 heavy (non-hydrogen) atoms. The number of hydrogen-bond acceptors (Lipinski definition) is 3. The molecule has 3 heteroatoms. The quantitative estimate of drug-likeness (QED) is 0.785. The molecule has 3 unspecified atom stereocenters. The molecular formula is C20H28O3. The van der Waals surface area contributed by atoms with Crippen molar-refractivity contribution in [2.75, 3.05) is 6.61 Å². The molecule has 0 radical (unpaired) electrons. The maximum absolute atomic E-state index is 10.5. The van der Waals surface area contributed by atoms with E-state index in [0.717, 1.165) is 37.7 Å². The van der Waals surface area contributed by atoms with Gasteiger partial charge in [-0.15, -0.1) is 0 Å². The van der Waals surface area contributed by atoms with Gasteiger partial charge in [0.1, 0.15) is 5.75 Å². The van der Waals surface area contributed by atoms with Crippen LogP contribution in [0.5, 0.6) is 5.75 Å². The van der Waals surface area contributed by atoms with E-state index >= 15 is 0 Å². The fourth-order valence-corrected chi connectivity index (χ4v) is 5.95. The van der Waals surface area contributed by atoms with E-state index in [4.69, 9.17) is 0 Å². The van der Waals surface area contributed by atoms with Crippen molar-refractivity contribution in [1.29, 1.82) is 0 Å². The molecule has 0 bridgehead atoms. The van der Waals surface area contributed by atoms with Gasteiger partial charge < -0.3 is 15.3 Å². The van der Waals surface area contributed by atoms with Crippen molar-refractivity contribution in [2.45, 2.75) is 63.9 Å². The topological polar surface area (TPSA) is 60.7 Å². The molecule has 126 valence electrons. The summed E-state index contributed by atoms with van der Waals surface area (Å²) in [6.45, 7) is 2.38.